The highest BCUT2D eigenvalue weighted by Crippen LogP contribution is 2.46. The maximum absolute atomic E-state index is 13.9. The molecule has 3 aromatic rings. The Morgan fingerprint density at radius 2 is 1.76 bits per heavy atom. The Labute approximate surface area is 252 Å². The average Bonchev–Trinajstić information content (AvgIpc) is 3.19. The number of nitrogens with two attached hydrogens (primary N) is 1. The first kappa shape index (κ1) is 30.8. The van der Waals surface area contributed by atoms with E-state index in [1.165, 1.54) is 0 Å². The molecule has 0 radical (unpaired) electrons. The van der Waals surface area contributed by atoms with Crippen LogP contribution in [-0.2, 0) is 16.8 Å². The van der Waals surface area contributed by atoms with Crippen LogP contribution in [-0.4, -0.2) is 37.6 Å². The SMILES string of the molecule is COc1cc(C(=O)NC(C)(C)C)ccc1Cc1cc(Cl)cc2c1NC(=O)C2(NCCCCCN)c1ccccc1Cl. The van der Waals surface area contributed by atoms with Crippen molar-refractivity contribution in [1.82, 2.24) is 10.6 Å². The summed E-state index contributed by atoms with van der Waals surface area (Å²) in [7, 11) is 1.57. The fraction of sp³-hybridized carbons (Fsp3) is 0.375. The number of nitrogens with one attached hydrogen (secondary N) is 3. The largest absolute Gasteiger partial charge is 0.496 e. The first-order chi connectivity index (χ1) is 19.5. The van der Waals surface area contributed by atoms with Gasteiger partial charge in [-0.3, -0.25) is 14.9 Å². The van der Waals surface area contributed by atoms with Gasteiger partial charge in [-0.05, 0) is 88.2 Å². The summed E-state index contributed by atoms with van der Waals surface area (Å²) in [4.78, 5) is 26.7. The van der Waals surface area contributed by atoms with E-state index in [0.29, 0.717) is 52.1 Å². The number of benzene rings is 3. The molecule has 41 heavy (non-hydrogen) atoms. The van der Waals surface area contributed by atoms with Gasteiger partial charge in [-0.2, -0.15) is 0 Å². The Balaban J connectivity index is 1.75. The van der Waals surface area contributed by atoms with Crippen LogP contribution in [0.25, 0.3) is 0 Å². The molecule has 0 aliphatic carbocycles. The number of carbonyl (C=O) groups is 2. The van der Waals surface area contributed by atoms with E-state index in [1.807, 2.05) is 57.2 Å². The third kappa shape index (κ3) is 6.70. The summed E-state index contributed by atoms with van der Waals surface area (Å²) in [6, 6.07) is 16.4. The molecule has 0 aromatic heterocycles. The zero-order valence-electron chi connectivity index (χ0n) is 24.0. The van der Waals surface area contributed by atoms with E-state index in [4.69, 9.17) is 33.7 Å². The number of fused-ring (bicyclic) bond motifs is 1. The molecule has 1 aliphatic rings. The molecule has 1 aliphatic heterocycles. The Kier molecular flexibility index (Phi) is 9.65. The molecule has 5 N–H and O–H groups in total. The number of halogens is 2. The van der Waals surface area contributed by atoms with E-state index >= 15 is 0 Å². The highest BCUT2D eigenvalue weighted by Gasteiger charge is 2.50. The Bertz CT molecular complexity index is 1440. The van der Waals surface area contributed by atoms with E-state index in [1.54, 1.807) is 25.3 Å². The lowest BCUT2D eigenvalue weighted by molar-refractivity contribution is -0.120. The molecule has 7 nitrogen and oxygen atoms in total. The van der Waals surface area contributed by atoms with Crippen molar-refractivity contribution in [2.45, 2.75) is 57.5 Å². The number of ether oxygens (including phenoxy) is 1. The van der Waals surface area contributed by atoms with E-state index in [9.17, 15) is 9.59 Å². The van der Waals surface area contributed by atoms with Gasteiger partial charge in [-0.15, -0.1) is 0 Å². The fourth-order valence-electron chi connectivity index (χ4n) is 5.25. The second-order valence-corrected chi connectivity index (χ2v) is 12.2. The number of methoxy groups -OCH3 is 1. The number of hydrogen-bond donors (Lipinski definition) is 4. The predicted octanol–water partition coefficient (Wildman–Crippen LogP) is 6.04. The first-order valence-electron chi connectivity index (χ1n) is 13.8. The molecule has 1 heterocycles. The van der Waals surface area contributed by atoms with E-state index < -0.39 is 5.54 Å². The standard InChI is InChI=1S/C32H38Cl2N4O3/c1-31(2,3)38-29(39)21-13-12-20(27(18-21)41-4)16-22-17-23(33)19-25-28(22)37-30(40)32(25,36-15-9-5-8-14-35)24-10-6-7-11-26(24)34/h6-7,10-13,17-19,36H,5,8-9,14-16,35H2,1-4H3,(H,37,40)(H,38,39). The van der Waals surface area contributed by atoms with Gasteiger partial charge in [0.05, 0.1) is 12.8 Å². The third-order valence-electron chi connectivity index (χ3n) is 7.14. The number of carbonyl (C=O) groups excluding carboxylic acids is 2. The van der Waals surface area contributed by atoms with Gasteiger partial charge in [-0.25, -0.2) is 0 Å². The molecule has 9 heteroatoms. The number of hydrogen-bond acceptors (Lipinski definition) is 5. The molecule has 0 fully saturated rings. The van der Waals surface area contributed by atoms with E-state index in [2.05, 4.69) is 16.0 Å². The Morgan fingerprint density at radius 3 is 2.44 bits per heavy atom. The first-order valence-corrected chi connectivity index (χ1v) is 14.6. The third-order valence-corrected chi connectivity index (χ3v) is 7.68. The van der Waals surface area contributed by atoms with Crippen molar-refractivity contribution >= 4 is 40.7 Å². The molecule has 3 aromatic carbocycles. The molecule has 1 atom stereocenters. The highest BCUT2D eigenvalue weighted by atomic mass is 35.5. The highest BCUT2D eigenvalue weighted by molar-refractivity contribution is 6.32. The summed E-state index contributed by atoms with van der Waals surface area (Å²) >= 11 is 13.4. The summed E-state index contributed by atoms with van der Waals surface area (Å²) in [5.74, 6) is 0.171. The van der Waals surface area contributed by atoms with Crippen molar-refractivity contribution < 1.29 is 14.3 Å². The zero-order chi connectivity index (χ0) is 29.8. The van der Waals surface area contributed by atoms with Crippen LogP contribution in [0.4, 0.5) is 5.69 Å². The minimum absolute atomic E-state index is 0.180. The van der Waals surface area contributed by atoms with Crippen molar-refractivity contribution in [1.29, 1.82) is 0 Å². The minimum Gasteiger partial charge on any atom is -0.496 e. The van der Waals surface area contributed by atoms with Crippen molar-refractivity contribution in [3.8, 4) is 5.75 Å². The summed E-state index contributed by atoms with van der Waals surface area (Å²) in [5, 5.41) is 10.6. The Morgan fingerprint density at radius 1 is 1.00 bits per heavy atom. The molecule has 0 saturated carbocycles. The van der Waals surface area contributed by atoms with Gasteiger partial charge in [0.2, 0.25) is 0 Å². The van der Waals surface area contributed by atoms with Gasteiger partial charge in [0.1, 0.15) is 5.75 Å². The zero-order valence-corrected chi connectivity index (χ0v) is 25.5. The number of amides is 2. The van der Waals surface area contributed by atoms with Crippen LogP contribution in [0.5, 0.6) is 5.75 Å². The van der Waals surface area contributed by atoms with Gasteiger partial charge in [0, 0.05) is 38.7 Å². The van der Waals surface area contributed by atoms with Crippen molar-refractivity contribution in [2.75, 3.05) is 25.5 Å². The van der Waals surface area contributed by atoms with Crippen molar-refractivity contribution in [3.63, 3.8) is 0 Å². The molecule has 2 amide bonds. The monoisotopic (exact) mass is 596 g/mol. The van der Waals surface area contributed by atoms with Gasteiger partial charge < -0.3 is 21.1 Å². The molecular weight excluding hydrogens is 559 g/mol. The van der Waals surface area contributed by atoms with Crippen LogP contribution in [0.1, 0.15) is 72.6 Å². The minimum atomic E-state index is -1.21. The summed E-state index contributed by atoms with van der Waals surface area (Å²) in [5.41, 5.74) is 8.34. The van der Waals surface area contributed by atoms with Gasteiger partial charge in [-0.1, -0.05) is 53.9 Å². The molecular formula is C32H38Cl2N4O3. The van der Waals surface area contributed by atoms with Crippen molar-refractivity contribution in [2.24, 2.45) is 5.73 Å². The predicted molar refractivity (Wildman–Crippen MR) is 166 cm³/mol. The fourth-order valence-corrected chi connectivity index (χ4v) is 5.77. The maximum atomic E-state index is 13.9. The second kappa shape index (κ2) is 12.8. The number of unbranched alkanes of at least 4 members (excludes halogenated alkanes) is 2. The van der Waals surface area contributed by atoms with E-state index in [-0.39, 0.29) is 17.4 Å². The average molecular weight is 598 g/mol. The van der Waals surface area contributed by atoms with Crippen LogP contribution >= 0.6 is 23.2 Å². The second-order valence-electron chi connectivity index (χ2n) is 11.4. The molecule has 0 spiro atoms. The number of anilines is 1. The lowest BCUT2D eigenvalue weighted by Crippen LogP contribution is -2.49. The van der Waals surface area contributed by atoms with Gasteiger partial charge in [0.25, 0.3) is 11.8 Å². The molecule has 1 unspecified atom stereocenters. The Hall–Kier alpha value is -3.10. The maximum Gasteiger partial charge on any atom is 0.254 e. The summed E-state index contributed by atoms with van der Waals surface area (Å²) < 4.78 is 5.68. The molecule has 0 bridgehead atoms. The smallest absolute Gasteiger partial charge is 0.254 e. The van der Waals surface area contributed by atoms with Crippen LogP contribution < -0.4 is 26.4 Å². The lowest BCUT2D eigenvalue weighted by Gasteiger charge is -2.31. The molecule has 4 rings (SSSR count). The van der Waals surface area contributed by atoms with Crippen LogP contribution in [0.3, 0.4) is 0 Å². The van der Waals surface area contributed by atoms with Crippen molar-refractivity contribution in [3.05, 3.63) is 92.5 Å². The normalized spacial score (nSPS) is 16.3. The number of rotatable bonds is 11. The van der Waals surface area contributed by atoms with Crippen LogP contribution in [0.2, 0.25) is 10.0 Å². The van der Waals surface area contributed by atoms with Gasteiger partial charge >= 0.3 is 0 Å². The van der Waals surface area contributed by atoms with E-state index in [0.717, 1.165) is 36.0 Å². The molecule has 218 valence electrons. The lowest BCUT2D eigenvalue weighted by atomic mass is 9.82. The topological polar surface area (TPSA) is 105 Å². The molecule has 0 saturated heterocycles. The van der Waals surface area contributed by atoms with Crippen LogP contribution in [0, 0.1) is 0 Å². The van der Waals surface area contributed by atoms with Gasteiger partial charge in [0.15, 0.2) is 5.54 Å². The van der Waals surface area contributed by atoms with Crippen LogP contribution in [0.15, 0.2) is 54.6 Å². The summed E-state index contributed by atoms with van der Waals surface area (Å²) in [6.45, 7) is 7.02. The summed E-state index contributed by atoms with van der Waals surface area (Å²) in [6.07, 6.45) is 3.13. The quantitative estimate of drug-likeness (QED) is 0.202.